The Morgan fingerprint density at radius 3 is 2.61 bits per heavy atom. The normalized spacial score (nSPS) is 23.2. The molecule has 1 saturated heterocycles. The molecule has 28 heavy (non-hydrogen) atoms. The average molecular weight is 390 g/mol. The molecule has 0 bridgehead atoms. The molecule has 3 N–H and O–H groups in total. The summed E-state index contributed by atoms with van der Waals surface area (Å²) in [6, 6.07) is 9.73. The van der Waals surface area contributed by atoms with E-state index in [9.17, 15) is 19.8 Å². The molecule has 1 fully saturated rings. The third-order valence-corrected chi connectivity index (χ3v) is 4.89. The first kappa shape index (κ1) is 20.5. The van der Waals surface area contributed by atoms with Gasteiger partial charge in [0, 0.05) is 12.6 Å². The standard InChI is InChI=1S/C20H26N2O6/c1-12(2)18(13-6-4-3-5-7-13)27-11-14-9-22(20(26)21-19(14)25)17-8-15(24)16(10-23)28-17/h3-7,9,12,15-18,23-24H,8,10-11H2,1-2H3,(H,21,25,26)/t15-,16-,17-,18?/m1/s1. The highest BCUT2D eigenvalue weighted by atomic mass is 16.5. The number of H-pyrrole nitrogens is 1. The molecule has 2 aromatic rings. The van der Waals surface area contributed by atoms with Crippen LogP contribution in [0.3, 0.4) is 0 Å². The van der Waals surface area contributed by atoms with Gasteiger partial charge in [0.15, 0.2) is 0 Å². The molecule has 3 rings (SSSR count). The largest absolute Gasteiger partial charge is 0.394 e. The van der Waals surface area contributed by atoms with Crippen LogP contribution in [-0.4, -0.2) is 38.6 Å². The number of benzene rings is 1. The summed E-state index contributed by atoms with van der Waals surface area (Å²) in [5.74, 6) is 0.186. The van der Waals surface area contributed by atoms with Crippen LogP contribution >= 0.6 is 0 Å². The lowest BCUT2D eigenvalue weighted by Gasteiger charge is -2.22. The van der Waals surface area contributed by atoms with Gasteiger partial charge in [0.25, 0.3) is 5.56 Å². The molecule has 8 nitrogen and oxygen atoms in total. The summed E-state index contributed by atoms with van der Waals surface area (Å²) >= 11 is 0. The number of hydrogen-bond donors (Lipinski definition) is 3. The predicted octanol–water partition coefficient (Wildman–Crippen LogP) is 1.09. The van der Waals surface area contributed by atoms with Crippen LogP contribution in [0.4, 0.5) is 0 Å². The molecule has 1 aliphatic heterocycles. The molecular formula is C20H26N2O6. The van der Waals surface area contributed by atoms with E-state index >= 15 is 0 Å². The summed E-state index contributed by atoms with van der Waals surface area (Å²) in [5.41, 5.74) is 0.143. The molecule has 0 amide bonds. The van der Waals surface area contributed by atoms with E-state index in [4.69, 9.17) is 9.47 Å². The predicted molar refractivity (Wildman–Crippen MR) is 102 cm³/mol. The van der Waals surface area contributed by atoms with Crippen molar-refractivity contribution in [1.82, 2.24) is 9.55 Å². The molecule has 0 saturated carbocycles. The van der Waals surface area contributed by atoms with Crippen molar-refractivity contribution in [3.05, 3.63) is 68.5 Å². The Labute approximate surface area is 162 Å². The fourth-order valence-electron chi connectivity index (χ4n) is 3.39. The zero-order chi connectivity index (χ0) is 20.3. The maximum atomic E-state index is 12.2. The van der Waals surface area contributed by atoms with E-state index in [-0.39, 0.29) is 37.2 Å². The number of aliphatic hydroxyl groups is 2. The lowest BCUT2D eigenvalue weighted by molar-refractivity contribution is -0.0463. The summed E-state index contributed by atoms with van der Waals surface area (Å²) in [7, 11) is 0. The molecule has 0 spiro atoms. The van der Waals surface area contributed by atoms with Crippen molar-refractivity contribution in [3.8, 4) is 0 Å². The zero-order valence-corrected chi connectivity index (χ0v) is 15.9. The number of hydrogen-bond acceptors (Lipinski definition) is 6. The molecule has 1 aliphatic rings. The first-order valence-electron chi connectivity index (χ1n) is 9.36. The molecule has 0 radical (unpaired) electrons. The van der Waals surface area contributed by atoms with E-state index in [1.165, 1.54) is 10.8 Å². The first-order chi connectivity index (χ1) is 13.4. The molecule has 152 valence electrons. The highest BCUT2D eigenvalue weighted by Gasteiger charge is 2.35. The van der Waals surface area contributed by atoms with Gasteiger partial charge in [0.05, 0.1) is 31.0 Å². The van der Waals surface area contributed by atoms with Crippen molar-refractivity contribution in [2.75, 3.05) is 6.61 Å². The molecule has 4 atom stereocenters. The maximum Gasteiger partial charge on any atom is 0.330 e. The van der Waals surface area contributed by atoms with Gasteiger partial charge in [-0.3, -0.25) is 14.3 Å². The Morgan fingerprint density at radius 1 is 1.29 bits per heavy atom. The average Bonchev–Trinajstić information content (AvgIpc) is 3.04. The summed E-state index contributed by atoms with van der Waals surface area (Å²) in [5, 5.41) is 19.1. The maximum absolute atomic E-state index is 12.2. The van der Waals surface area contributed by atoms with Gasteiger partial charge in [-0.05, 0) is 11.5 Å². The number of aromatic amines is 1. The Balaban J connectivity index is 1.81. The lowest BCUT2D eigenvalue weighted by atomic mass is 9.99. The second-order valence-electron chi connectivity index (χ2n) is 7.32. The molecule has 1 aromatic carbocycles. The van der Waals surface area contributed by atoms with Crippen LogP contribution in [0.25, 0.3) is 0 Å². The summed E-state index contributed by atoms with van der Waals surface area (Å²) in [4.78, 5) is 26.7. The highest BCUT2D eigenvalue weighted by Crippen LogP contribution is 2.28. The Hall–Kier alpha value is -2.26. The molecule has 8 heteroatoms. The number of aliphatic hydroxyl groups excluding tert-OH is 2. The van der Waals surface area contributed by atoms with E-state index in [0.717, 1.165) is 5.56 Å². The Kier molecular flexibility index (Phi) is 6.46. The van der Waals surface area contributed by atoms with Crippen molar-refractivity contribution in [1.29, 1.82) is 0 Å². The van der Waals surface area contributed by atoms with E-state index in [0.29, 0.717) is 0 Å². The number of ether oxygens (including phenoxy) is 2. The first-order valence-corrected chi connectivity index (χ1v) is 9.36. The van der Waals surface area contributed by atoms with Gasteiger partial charge in [-0.25, -0.2) is 4.79 Å². The van der Waals surface area contributed by atoms with E-state index < -0.39 is 29.7 Å². The Morgan fingerprint density at radius 2 is 2.00 bits per heavy atom. The van der Waals surface area contributed by atoms with E-state index in [2.05, 4.69) is 4.98 Å². The van der Waals surface area contributed by atoms with Crippen LogP contribution in [0.2, 0.25) is 0 Å². The quantitative estimate of drug-likeness (QED) is 0.652. The molecular weight excluding hydrogens is 364 g/mol. The van der Waals surface area contributed by atoms with Crippen LogP contribution in [-0.2, 0) is 16.1 Å². The van der Waals surface area contributed by atoms with Gasteiger partial charge in [0.1, 0.15) is 12.3 Å². The summed E-state index contributed by atoms with van der Waals surface area (Å²) < 4.78 is 12.8. The van der Waals surface area contributed by atoms with Gasteiger partial charge in [-0.15, -0.1) is 0 Å². The second kappa shape index (κ2) is 8.83. The minimum absolute atomic E-state index is 0.0199. The molecule has 2 heterocycles. The topological polar surface area (TPSA) is 114 Å². The minimum atomic E-state index is -0.878. The SMILES string of the molecule is CC(C)C(OCc1cn([C@H]2C[C@@H](O)[C@@H](CO)O2)c(=O)[nH]c1=O)c1ccccc1. The minimum Gasteiger partial charge on any atom is -0.394 e. The van der Waals surface area contributed by atoms with Crippen LogP contribution in [0.15, 0.2) is 46.1 Å². The van der Waals surface area contributed by atoms with Crippen LogP contribution in [0.1, 0.15) is 43.7 Å². The van der Waals surface area contributed by atoms with Crippen LogP contribution in [0, 0.1) is 5.92 Å². The van der Waals surface area contributed by atoms with Gasteiger partial charge in [-0.1, -0.05) is 44.2 Å². The third-order valence-electron chi connectivity index (χ3n) is 4.89. The summed E-state index contributed by atoms with van der Waals surface area (Å²) in [6.07, 6.45) is -1.05. The van der Waals surface area contributed by atoms with Crippen molar-refractivity contribution < 1.29 is 19.7 Å². The van der Waals surface area contributed by atoms with Gasteiger partial charge < -0.3 is 19.7 Å². The van der Waals surface area contributed by atoms with Gasteiger partial charge >= 0.3 is 5.69 Å². The van der Waals surface area contributed by atoms with Crippen molar-refractivity contribution in [2.24, 2.45) is 5.92 Å². The zero-order valence-electron chi connectivity index (χ0n) is 15.9. The van der Waals surface area contributed by atoms with E-state index in [1.807, 2.05) is 44.2 Å². The monoisotopic (exact) mass is 390 g/mol. The number of nitrogens with zero attached hydrogens (tertiary/aromatic N) is 1. The molecule has 1 aromatic heterocycles. The third kappa shape index (κ3) is 4.41. The number of nitrogens with one attached hydrogen (secondary N) is 1. The molecule has 1 unspecified atom stereocenters. The number of aromatic nitrogens is 2. The van der Waals surface area contributed by atoms with Crippen molar-refractivity contribution >= 4 is 0 Å². The van der Waals surface area contributed by atoms with Crippen molar-refractivity contribution in [3.63, 3.8) is 0 Å². The van der Waals surface area contributed by atoms with E-state index in [1.54, 1.807) is 0 Å². The van der Waals surface area contributed by atoms with Crippen LogP contribution < -0.4 is 11.2 Å². The van der Waals surface area contributed by atoms with Gasteiger partial charge in [0.2, 0.25) is 0 Å². The second-order valence-corrected chi connectivity index (χ2v) is 7.32. The smallest absolute Gasteiger partial charge is 0.330 e. The highest BCUT2D eigenvalue weighted by molar-refractivity contribution is 5.18. The molecule has 0 aliphatic carbocycles. The lowest BCUT2D eigenvalue weighted by Crippen LogP contribution is -2.34. The van der Waals surface area contributed by atoms with Crippen molar-refractivity contribution in [2.45, 2.75) is 51.4 Å². The van der Waals surface area contributed by atoms with Crippen LogP contribution in [0.5, 0.6) is 0 Å². The fraction of sp³-hybridized carbons (Fsp3) is 0.500. The van der Waals surface area contributed by atoms with Gasteiger partial charge in [-0.2, -0.15) is 0 Å². The number of rotatable bonds is 7. The fourth-order valence-corrected chi connectivity index (χ4v) is 3.39. The Bertz CT molecular complexity index is 892. The summed E-state index contributed by atoms with van der Waals surface area (Å²) in [6.45, 7) is 3.74.